The first-order valence-electron chi connectivity index (χ1n) is 17.7. The van der Waals surface area contributed by atoms with Gasteiger partial charge in [0, 0.05) is 30.8 Å². The lowest BCUT2D eigenvalue weighted by Crippen LogP contribution is -2.58. The van der Waals surface area contributed by atoms with Crippen LogP contribution >= 0.6 is 0 Å². The standard InChI is InChI=1S/C36H45N7O6S/c1-3-42-30-22-37-19-16-27(30)39-34(42)49-26-20-29-31(44)40-36(33(46)41-50(47,48)35(2)17-18-35)21-24(36)12-8-5-4-6-11-15-28(32(45)43(29)23-26)38-25-13-9-7-10-14-25/h7-10,12-14,16,19,22,24,26,28-29,38H,3-6,11,15,17-18,20-21,23H2,1-2H3,(H,40,44)(H,41,46)/b12-8-/t24-,26-,28+,29+,36-/m1/s1. The number of pyridine rings is 1. The molecule has 3 aromatic rings. The Kier molecular flexibility index (Phi) is 9.08. The third kappa shape index (κ3) is 6.57. The highest BCUT2D eigenvalue weighted by molar-refractivity contribution is 7.91. The summed E-state index contributed by atoms with van der Waals surface area (Å²) >= 11 is 0. The van der Waals surface area contributed by atoms with Crippen molar-refractivity contribution in [3.05, 3.63) is 60.9 Å². The van der Waals surface area contributed by atoms with E-state index >= 15 is 0 Å². The van der Waals surface area contributed by atoms with Gasteiger partial charge in [-0.05, 0) is 70.6 Å². The number of benzene rings is 1. The lowest BCUT2D eigenvalue weighted by atomic mass is 10.0. The summed E-state index contributed by atoms with van der Waals surface area (Å²) in [5.41, 5.74) is 0.896. The van der Waals surface area contributed by atoms with Crippen LogP contribution < -0.4 is 20.1 Å². The molecule has 3 fully saturated rings. The van der Waals surface area contributed by atoms with E-state index in [0.29, 0.717) is 31.8 Å². The fourth-order valence-corrected chi connectivity index (χ4v) is 8.49. The molecule has 266 valence electrons. The summed E-state index contributed by atoms with van der Waals surface area (Å²) in [7, 11) is -3.94. The number of aromatic nitrogens is 3. The molecular weight excluding hydrogens is 659 g/mol. The van der Waals surface area contributed by atoms with Gasteiger partial charge >= 0.3 is 0 Å². The van der Waals surface area contributed by atoms with Gasteiger partial charge in [-0.3, -0.25) is 28.7 Å². The van der Waals surface area contributed by atoms with E-state index in [-0.39, 0.29) is 31.2 Å². The summed E-state index contributed by atoms with van der Waals surface area (Å²) in [4.78, 5) is 53.1. The number of sulfonamides is 1. The van der Waals surface area contributed by atoms with Crippen molar-refractivity contribution < 1.29 is 27.5 Å². The minimum atomic E-state index is -3.94. The predicted octanol–water partition coefficient (Wildman–Crippen LogP) is 3.67. The van der Waals surface area contributed by atoms with Crippen molar-refractivity contribution in [1.29, 1.82) is 0 Å². The first-order valence-corrected chi connectivity index (χ1v) is 19.2. The first-order chi connectivity index (χ1) is 24.0. The Bertz CT molecular complexity index is 1910. The van der Waals surface area contributed by atoms with Gasteiger partial charge in [0.25, 0.3) is 11.9 Å². The van der Waals surface area contributed by atoms with E-state index in [1.54, 1.807) is 30.3 Å². The molecule has 2 aromatic heterocycles. The number of nitrogens with zero attached hydrogens (tertiary/aromatic N) is 4. The van der Waals surface area contributed by atoms with Crippen molar-refractivity contribution in [1.82, 2.24) is 29.5 Å². The van der Waals surface area contributed by atoms with Crippen LogP contribution in [-0.2, 0) is 31.0 Å². The normalized spacial score (nSPS) is 28.7. The van der Waals surface area contributed by atoms with Crippen molar-refractivity contribution in [2.75, 3.05) is 11.9 Å². The molecular formula is C36H45N7O6S. The molecule has 14 heteroatoms. The van der Waals surface area contributed by atoms with E-state index in [1.165, 1.54) is 0 Å². The van der Waals surface area contributed by atoms with Crippen LogP contribution in [0.25, 0.3) is 11.0 Å². The summed E-state index contributed by atoms with van der Waals surface area (Å²) < 4.78 is 35.9. The average molecular weight is 704 g/mol. The molecule has 0 unspecified atom stereocenters. The Morgan fingerprint density at radius 3 is 2.68 bits per heavy atom. The number of carbonyl (C=O) groups excluding carboxylic acids is 3. The number of nitrogens with one attached hydrogen (secondary N) is 3. The largest absolute Gasteiger partial charge is 0.459 e. The van der Waals surface area contributed by atoms with E-state index in [2.05, 4.69) is 25.3 Å². The smallest absolute Gasteiger partial charge is 0.297 e. The summed E-state index contributed by atoms with van der Waals surface area (Å²) in [6.07, 6.45) is 12.0. The molecule has 50 heavy (non-hydrogen) atoms. The molecule has 0 bridgehead atoms. The SMILES string of the molecule is CCn1c(O[C@@H]2C[C@H]3C(=O)N[C@]4(C(=O)NS(=O)(=O)C5(C)CC5)C[C@H]4/C=C\CCCCC[C@H](Nc4ccccc4)C(=O)N3C2)nc2ccncc21. The number of ether oxygens (including phenoxy) is 1. The number of carbonyl (C=O) groups is 3. The van der Waals surface area contributed by atoms with Gasteiger partial charge < -0.3 is 20.3 Å². The third-order valence-electron chi connectivity index (χ3n) is 10.7. The zero-order valence-corrected chi connectivity index (χ0v) is 29.3. The molecule has 1 aromatic carbocycles. The molecule has 3 N–H and O–H groups in total. The summed E-state index contributed by atoms with van der Waals surface area (Å²) in [5, 5.41) is 6.36. The molecule has 0 radical (unpaired) electrons. The van der Waals surface area contributed by atoms with E-state index in [1.807, 2.05) is 54.0 Å². The van der Waals surface area contributed by atoms with Crippen molar-refractivity contribution >= 4 is 44.5 Å². The van der Waals surface area contributed by atoms with Gasteiger partial charge in [-0.25, -0.2) is 8.42 Å². The van der Waals surface area contributed by atoms with E-state index in [4.69, 9.17) is 4.74 Å². The van der Waals surface area contributed by atoms with Gasteiger partial charge in [0.2, 0.25) is 21.8 Å². The second kappa shape index (κ2) is 13.3. The number of amides is 3. The monoisotopic (exact) mass is 703 g/mol. The Labute approximate surface area is 292 Å². The molecule has 2 aliphatic heterocycles. The molecule has 7 rings (SSSR count). The van der Waals surface area contributed by atoms with Gasteiger partial charge in [0.15, 0.2) is 0 Å². The van der Waals surface area contributed by atoms with Crippen molar-refractivity contribution in [2.45, 2.75) is 107 Å². The van der Waals surface area contributed by atoms with Gasteiger partial charge in [-0.2, -0.15) is 4.98 Å². The molecule has 3 amide bonds. The van der Waals surface area contributed by atoms with Crippen molar-refractivity contribution in [3.63, 3.8) is 0 Å². The van der Waals surface area contributed by atoms with Crippen molar-refractivity contribution in [3.8, 4) is 6.01 Å². The number of anilines is 1. The second-order valence-electron chi connectivity index (χ2n) is 14.3. The number of hydrogen-bond acceptors (Lipinski definition) is 9. The molecule has 1 saturated heterocycles. The van der Waals surface area contributed by atoms with Crippen LogP contribution in [0.1, 0.15) is 71.6 Å². The van der Waals surface area contributed by atoms with Crippen LogP contribution in [0.4, 0.5) is 5.69 Å². The van der Waals surface area contributed by atoms with Gasteiger partial charge in [-0.15, -0.1) is 0 Å². The highest BCUT2D eigenvalue weighted by atomic mass is 32.2. The predicted molar refractivity (Wildman–Crippen MR) is 187 cm³/mol. The van der Waals surface area contributed by atoms with Gasteiger partial charge in [0.1, 0.15) is 23.7 Å². The Morgan fingerprint density at radius 2 is 1.92 bits per heavy atom. The van der Waals surface area contributed by atoms with Crippen LogP contribution in [-0.4, -0.2) is 80.6 Å². The molecule has 5 atom stereocenters. The fourth-order valence-electron chi connectivity index (χ4n) is 7.17. The maximum Gasteiger partial charge on any atom is 0.297 e. The molecule has 4 aliphatic rings. The topological polar surface area (TPSA) is 165 Å². The maximum absolute atomic E-state index is 14.5. The van der Waals surface area contributed by atoms with E-state index in [9.17, 15) is 22.8 Å². The zero-order valence-electron chi connectivity index (χ0n) is 28.5. The fraction of sp³-hybridized carbons (Fsp3) is 0.528. The minimum Gasteiger partial charge on any atom is -0.459 e. The quantitative estimate of drug-likeness (QED) is 0.297. The summed E-state index contributed by atoms with van der Waals surface area (Å²) in [6, 6.07) is 10.1. The number of hydrogen-bond donors (Lipinski definition) is 3. The third-order valence-corrected chi connectivity index (χ3v) is 12.9. The first kappa shape index (κ1) is 34.0. The zero-order chi connectivity index (χ0) is 35.1. The highest BCUT2D eigenvalue weighted by Crippen LogP contribution is 2.47. The number of rotatable bonds is 8. The van der Waals surface area contributed by atoms with Gasteiger partial charge in [-0.1, -0.05) is 43.2 Å². The number of para-hydroxylation sites is 1. The molecule has 4 heterocycles. The van der Waals surface area contributed by atoms with E-state index < -0.39 is 50.3 Å². The minimum absolute atomic E-state index is 0.129. The second-order valence-corrected chi connectivity index (χ2v) is 16.5. The molecule has 0 spiro atoms. The van der Waals surface area contributed by atoms with Crippen LogP contribution in [0.2, 0.25) is 0 Å². The number of allylic oxidation sites excluding steroid dienone is 1. The Hall–Kier alpha value is -4.46. The van der Waals surface area contributed by atoms with Crippen LogP contribution in [0.3, 0.4) is 0 Å². The number of fused-ring (bicyclic) bond motifs is 3. The van der Waals surface area contributed by atoms with Crippen LogP contribution in [0, 0.1) is 5.92 Å². The van der Waals surface area contributed by atoms with Gasteiger partial charge in [0.05, 0.1) is 28.5 Å². The molecule has 13 nitrogen and oxygen atoms in total. The maximum atomic E-state index is 14.5. The Balaban J connectivity index is 1.20. The highest BCUT2D eigenvalue weighted by Gasteiger charge is 2.63. The Morgan fingerprint density at radius 1 is 1.12 bits per heavy atom. The van der Waals surface area contributed by atoms with Crippen LogP contribution in [0.5, 0.6) is 6.01 Å². The summed E-state index contributed by atoms with van der Waals surface area (Å²) in [5.74, 6) is -1.87. The molecule has 2 saturated carbocycles. The summed E-state index contributed by atoms with van der Waals surface area (Å²) in [6.45, 7) is 4.30. The lowest BCUT2D eigenvalue weighted by Gasteiger charge is -2.30. The lowest BCUT2D eigenvalue weighted by molar-refractivity contribution is -0.140. The van der Waals surface area contributed by atoms with Crippen molar-refractivity contribution in [2.24, 2.45) is 5.92 Å². The number of imidazole rings is 1. The average Bonchev–Trinajstić information content (AvgIpc) is 3.93. The van der Waals surface area contributed by atoms with Crippen LogP contribution in [0.15, 0.2) is 60.9 Å². The number of aryl methyl sites for hydroxylation is 1. The van der Waals surface area contributed by atoms with E-state index in [0.717, 1.165) is 42.4 Å². The molecule has 2 aliphatic carbocycles.